The molecule has 1 unspecified atom stereocenters. The van der Waals surface area contributed by atoms with Crippen LogP contribution in [0.1, 0.15) is 42.9 Å². The van der Waals surface area contributed by atoms with Gasteiger partial charge < -0.3 is 19.3 Å². The lowest BCUT2D eigenvalue weighted by Crippen LogP contribution is -2.54. The first-order valence-electron chi connectivity index (χ1n) is 13.4. The third kappa shape index (κ3) is 3.78. The van der Waals surface area contributed by atoms with Crippen molar-refractivity contribution < 1.29 is 19.1 Å². The summed E-state index contributed by atoms with van der Waals surface area (Å²) in [4.78, 5) is 37.7. The van der Waals surface area contributed by atoms with Gasteiger partial charge in [0.05, 0.1) is 41.3 Å². The van der Waals surface area contributed by atoms with Gasteiger partial charge in [-0.2, -0.15) is 0 Å². The average Bonchev–Trinajstić information content (AvgIpc) is 3.40. The van der Waals surface area contributed by atoms with E-state index in [1.165, 1.54) is 16.9 Å². The summed E-state index contributed by atoms with van der Waals surface area (Å²) in [5.41, 5.74) is 3.83. The molecule has 200 valence electrons. The van der Waals surface area contributed by atoms with Crippen molar-refractivity contribution in [2.45, 2.75) is 44.8 Å². The number of fused-ring (bicyclic) bond motifs is 3. The number of piperidine rings is 1. The molecule has 1 aromatic carbocycles. The molecule has 8 nitrogen and oxygen atoms in total. The van der Waals surface area contributed by atoms with E-state index in [1.807, 2.05) is 45.9 Å². The molecule has 2 saturated heterocycles. The topological polar surface area (TPSA) is 75.2 Å². The molecule has 0 saturated carbocycles. The number of likely N-dealkylation sites (tertiary alicyclic amines) is 1. The van der Waals surface area contributed by atoms with Gasteiger partial charge in [-0.1, -0.05) is 25.1 Å². The second kappa shape index (κ2) is 9.54. The summed E-state index contributed by atoms with van der Waals surface area (Å²) in [6.45, 7) is 6.54. The number of likely N-dealkylation sites (N-methyl/N-ethyl adjacent to an activating group) is 1. The van der Waals surface area contributed by atoms with E-state index in [-0.39, 0.29) is 24.0 Å². The predicted octanol–water partition coefficient (Wildman–Crippen LogP) is 4.81. The minimum Gasteiger partial charge on any atom is -0.501 e. The Morgan fingerprint density at radius 2 is 1.97 bits per heavy atom. The lowest BCUT2D eigenvalue weighted by molar-refractivity contribution is 0.0574. The number of para-hydroxylation sites is 1. The molecule has 0 bridgehead atoms. The van der Waals surface area contributed by atoms with Crippen molar-refractivity contribution in [2.24, 2.45) is 5.92 Å². The Bertz CT molecular complexity index is 1350. The molecule has 0 N–H and O–H groups in total. The van der Waals surface area contributed by atoms with Crippen molar-refractivity contribution in [3.05, 3.63) is 64.0 Å². The molecule has 3 aliphatic heterocycles. The number of aromatic nitrogens is 1. The van der Waals surface area contributed by atoms with E-state index in [0.29, 0.717) is 50.4 Å². The Labute approximate surface area is 227 Å². The highest BCUT2D eigenvalue weighted by molar-refractivity contribution is 7.20. The van der Waals surface area contributed by atoms with E-state index < -0.39 is 5.54 Å². The van der Waals surface area contributed by atoms with Crippen LogP contribution in [0.3, 0.4) is 0 Å². The molecule has 4 aliphatic rings. The molecule has 4 heterocycles. The summed E-state index contributed by atoms with van der Waals surface area (Å²) in [5.74, 6) is 0.973. The van der Waals surface area contributed by atoms with Crippen LogP contribution in [0.2, 0.25) is 0 Å². The van der Waals surface area contributed by atoms with Gasteiger partial charge in [0.1, 0.15) is 0 Å². The number of benzene rings is 1. The highest BCUT2D eigenvalue weighted by Gasteiger charge is 2.55. The number of allylic oxidation sites excluding steroid dienone is 1. The summed E-state index contributed by atoms with van der Waals surface area (Å²) in [5, 5.41) is 0.532. The third-order valence-electron chi connectivity index (χ3n) is 8.63. The number of thiazole rings is 1. The molecule has 1 aromatic heterocycles. The van der Waals surface area contributed by atoms with E-state index in [2.05, 4.69) is 24.1 Å². The van der Waals surface area contributed by atoms with Gasteiger partial charge in [-0.15, -0.1) is 11.3 Å². The first kappa shape index (κ1) is 25.1. The molecular weight excluding hydrogens is 500 g/mol. The van der Waals surface area contributed by atoms with Gasteiger partial charge in [-0.05, 0) is 49.1 Å². The number of nitrogens with zero attached hydrogens (tertiary/aromatic N) is 4. The van der Waals surface area contributed by atoms with Crippen LogP contribution < -0.4 is 0 Å². The molecule has 2 aromatic rings. The highest BCUT2D eigenvalue weighted by atomic mass is 32.1. The SMILES string of the molecule is CCN1C(=O)N2CC3=C(C(OC)CC(OC)=C3)[C@@H](C)C=C2C12CCN(C(=O)c1nc3ccccc3s1)CC2. The van der Waals surface area contributed by atoms with Crippen molar-refractivity contribution in [2.75, 3.05) is 40.4 Å². The Morgan fingerprint density at radius 3 is 2.66 bits per heavy atom. The van der Waals surface area contributed by atoms with Gasteiger partial charge in [-0.25, -0.2) is 9.78 Å². The maximum Gasteiger partial charge on any atom is 0.325 e. The average molecular weight is 535 g/mol. The van der Waals surface area contributed by atoms with Gasteiger partial charge in [-0.3, -0.25) is 9.69 Å². The Kier molecular flexibility index (Phi) is 6.31. The van der Waals surface area contributed by atoms with Gasteiger partial charge >= 0.3 is 6.03 Å². The largest absolute Gasteiger partial charge is 0.501 e. The van der Waals surface area contributed by atoms with E-state index >= 15 is 0 Å². The predicted molar refractivity (Wildman–Crippen MR) is 147 cm³/mol. The van der Waals surface area contributed by atoms with Crippen molar-refractivity contribution in [1.29, 1.82) is 0 Å². The quantitative estimate of drug-likeness (QED) is 0.563. The van der Waals surface area contributed by atoms with Gasteiger partial charge in [0.15, 0.2) is 5.01 Å². The zero-order valence-electron chi connectivity index (χ0n) is 22.4. The van der Waals surface area contributed by atoms with Crippen LogP contribution in [0, 0.1) is 5.92 Å². The third-order valence-corrected chi connectivity index (χ3v) is 9.65. The summed E-state index contributed by atoms with van der Waals surface area (Å²) < 4.78 is 12.5. The van der Waals surface area contributed by atoms with Gasteiger partial charge in [0, 0.05) is 44.8 Å². The molecule has 3 amide bonds. The molecule has 1 spiro atoms. The van der Waals surface area contributed by atoms with Crippen molar-refractivity contribution in [3.8, 4) is 0 Å². The fourth-order valence-electron chi connectivity index (χ4n) is 6.77. The molecule has 2 atom stereocenters. The number of ether oxygens (including phenoxy) is 2. The number of rotatable bonds is 4. The van der Waals surface area contributed by atoms with Crippen molar-refractivity contribution >= 4 is 33.5 Å². The number of carbonyl (C=O) groups excluding carboxylic acids is 2. The second-order valence-corrected chi connectivity index (χ2v) is 11.5. The van der Waals surface area contributed by atoms with Crippen LogP contribution in [-0.2, 0) is 9.47 Å². The Balaban J connectivity index is 1.29. The first-order chi connectivity index (χ1) is 18.4. The van der Waals surface area contributed by atoms with Crippen molar-refractivity contribution in [1.82, 2.24) is 19.7 Å². The van der Waals surface area contributed by atoms with E-state index in [9.17, 15) is 9.59 Å². The second-order valence-electron chi connectivity index (χ2n) is 10.5. The Hall–Kier alpha value is -3.17. The van der Waals surface area contributed by atoms with Crippen LogP contribution in [0.25, 0.3) is 10.2 Å². The number of hydrogen-bond donors (Lipinski definition) is 0. The van der Waals surface area contributed by atoms with Crippen LogP contribution in [0.15, 0.2) is 59.0 Å². The van der Waals surface area contributed by atoms with E-state index in [0.717, 1.165) is 27.2 Å². The number of methoxy groups -OCH3 is 2. The molecule has 6 rings (SSSR count). The first-order valence-corrected chi connectivity index (χ1v) is 14.2. The standard InChI is InChI=1S/C29H34N4O4S/c1-5-33-28(35)32-17-19-15-20(36-3)16-22(37-4)25(19)18(2)14-24(32)29(33)10-12-31(13-11-29)27(34)26-30-21-8-6-7-9-23(21)38-26/h6-9,14-15,18,22H,5,10-13,16-17H2,1-4H3/t18-,22?/m0/s1. The van der Waals surface area contributed by atoms with Crippen molar-refractivity contribution in [3.63, 3.8) is 0 Å². The van der Waals surface area contributed by atoms with Crippen LogP contribution in [0.4, 0.5) is 4.79 Å². The van der Waals surface area contributed by atoms with E-state index in [1.54, 1.807) is 14.2 Å². The number of urea groups is 1. The minimum atomic E-state index is -0.421. The highest BCUT2D eigenvalue weighted by Crippen LogP contribution is 2.48. The monoisotopic (exact) mass is 534 g/mol. The molecular formula is C29H34N4O4S. The molecule has 0 radical (unpaired) electrons. The number of amides is 3. The smallest absolute Gasteiger partial charge is 0.325 e. The number of hydrogen-bond acceptors (Lipinski definition) is 6. The van der Waals surface area contributed by atoms with E-state index in [4.69, 9.17) is 9.47 Å². The molecule has 38 heavy (non-hydrogen) atoms. The summed E-state index contributed by atoms with van der Waals surface area (Å²) in [7, 11) is 3.43. The fourth-order valence-corrected chi connectivity index (χ4v) is 7.70. The molecule has 2 fully saturated rings. The molecule has 1 aliphatic carbocycles. The van der Waals surface area contributed by atoms with Gasteiger partial charge in [0.2, 0.25) is 0 Å². The minimum absolute atomic E-state index is 0.0224. The summed E-state index contributed by atoms with van der Waals surface area (Å²) >= 11 is 1.45. The van der Waals surface area contributed by atoms with Gasteiger partial charge in [0.25, 0.3) is 5.91 Å². The normalized spacial score (nSPS) is 24.8. The fraction of sp³-hybridized carbons (Fsp3) is 0.483. The maximum atomic E-state index is 13.8. The lowest BCUT2D eigenvalue weighted by Gasteiger charge is -2.44. The zero-order valence-corrected chi connectivity index (χ0v) is 23.2. The lowest BCUT2D eigenvalue weighted by atomic mass is 9.81. The van der Waals surface area contributed by atoms with Crippen LogP contribution in [0.5, 0.6) is 0 Å². The summed E-state index contributed by atoms with van der Waals surface area (Å²) in [6.07, 6.45) is 6.40. The molecule has 9 heteroatoms. The zero-order chi connectivity index (χ0) is 26.6. The number of carbonyl (C=O) groups is 2. The Morgan fingerprint density at radius 1 is 1.21 bits per heavy atom. The maximum absolute atomic E-state index is 13.8. The summed E-state index contributed by atoms with van der Waals surface area (Å²) in [6, 6.07) is 7.89. The van der Waals surface area contributed by atoms with Crippen LogP contribution in [-0.4, -0.2) is 83.7 Å². The van der Waals surface area contributed by atoms with Crippen LogP contribution >= 0.6 is 11.3 Å².